The molecule has 0 atom stereocenters. The smallest absolute Gasteiger partial charge is 0.343 e. The Kier molecular flexibility index (Phi) is 8.86. The summed E-state index contributed by atoms with van der Waals surface area (Å²) in [5.41, 5.74) is 1.91. The molecule has 0 bridgehead atoms. The van der Waals surface area contributed by atoms with Crippen LogP contribution >= 0.6 is 22.6 Å². The third-order valence-electron chi connectivity index (χ3n) is 6.51. The lowest BCUT2D eigenvalue weighted by Crippen LogP contribution is -2.57. The number of ether oxygens (including phenoxy) is 2. The molecule has 9 nitrogen and oxygen atoms in total. The summed E-state index contributed by atoms with van der Waals surface area (Å²) in [6.45, 7) is 2.31. The molecule has 0 spiro atoms. The van der Waals surface area contributed by atoms with Crippen molar-refractivity contribution in [1.29, 1.82) is 0 Å². The highest BCUT2D eigenvalue weighted by Crippen LogP contribution is 2.37. The van der Waals surface area contributed by atoms with Crippen LogP contribution in [0.25, 0.3) is 6.08 Å². The van der Waals surface area contributed by atoms with Gasteiger partial charge in [0.05, 0.1) is 27.1 Å². The van der Waals surface area contributed by atoms with Gasteiger partial charge in [-0.05, 0) is 95.2 Å². The van der Waals surface area contributed by atoms with Crippen molar-refractivity contribution in [2.45, 2.75) is 13.5 Å². The first-order valence-corrected chi connectivity index (χ1v) is 14.3. The van der Waals surface area contributed by atoms with Crippen molar-refractivity contribution >= 4 is 63.9 Å². The minimum Gasteiger partial charge on any atom is -0.490 e. The molecule has 43 heavy (non-hydrogen) atoms. The number of carboxylic acid groups (broad SMARTS) is 1. The molecule has 1 heterocycles. The van der Waals surface area contributed by atoms with Gasteiger partial charge in [-0.2, -0.15) is 0 Å². The van der Waals surface area contributed by atoms with E-state index < -0.39 is 23.8 Å². The number of carbonyl (C=O) groups excluding carboxylic acids is 3. The van der Waals surface area contributed by atoms with Gasteiger partial charge in [0, 0.05) is 0 Å². The van der Waals surface area contributed by atoms with Crippen molar-refractivity contribution in [2.24, 2.45) is 0 Å². The van der Waals surface area contributed by atoms with Gasteiger partial charge < -0.3 is 14.6 Å². The SMILES string of the molecule is CCOc1cc(C=C2C(=O)N(c3ccccc3)C(=O)N(c3ccccc3)C2=O)cc(I)c1OCc1ccc(C(=O)O)cc1. The van der Waals surface area contributed by atoms with E-state index in [0.717, 1.165) is 15.4 Å². The molecule has 4 amide bonds. The van der Waals surface area contributed by atoms with Crippen molar-refractivity contribution in [3.05, 3.63) is 123 Å². The van der Waals surface area contributed by atoms with Gasteiger partial charge in [0.15, 0.2) is 11.5 Å². The largest absolute Gasteiger partial charge is 0.490 e. The number of hydrogen-bond donors (Lipinski definition) is 1. The molecule has 216 valence electrons. The van der Waals surface area contributed by atoms with Crippen molar-refractivity contribution in [3.8, 4) is 11.5 Å². The predicted molar refractivity (Wildman–Crippen MR) is 169 cm³/mol. The average Bonchev–Trinajstić information content (AvgIpc) is 3.00. The first-order chi connectivity index (χ1) is 20.8. The Morgan fingerprint density at radius 3 is 1.88 bits per heavy atom. The third kappa shape index (κ3) is 6.28. The summed E-state index contributed by atoms with van der Waals surface area (Å²) < 4.78 is 12.6. The minimum absolute atomic E-state index is 0.160. The van der Waals surface area contributed by atoms with Crippen LogP contribution in [0.1, 0.15) is 28.4 Å². The number of para-hydroxylation sites is 2. The Balaban J connectivity index is 1.52. The molecule has 0 aliphatic carbocycles. The molecule has 1 fully saturated rings. The van der Waals surface area contributed by atoms with Crippen molar-refractivity contribution in [3.63, 3.8) is 0 Å². The fourth-order valence-electron chi connectivity index (χ4n) is 4.48. The molecular weight excluding hydrogens is 663 g/mol. The molecule has 1 N–H and O–H groups in total. The molecule has 1 saturated heterocycles. The Bertz CT molecular complexity index is 1660. The summed E-state index contributed by atoms with van der Waals surface area (Å²) in [4.78, 5) is 54.1. The highest BCUT2D eigenvalue weighted by molar-refractivity contribution is 14.1. The summed E-state index contributed by atoms with van der Waals surface area (Å²) >= 11 is 2.09. The van der Waals surface area contributed by atoms with Crippen LogP contribution in [0.2, 0.25) is 0 Å². The molecule has 0 saturated carbocycles. The molecule has 0 unspecified atom stereocenters. The Morgan fingerprint density at radius 1 is 0.814 bits per heavy atom. The van der Waals surface area contributed by atoms with Crippen LogP contribution in [0.4, 0.5) is 16.2 Å². The van der Waals surface area contributed by atoms with Gasteiger partial charge in [0.2, 0.25) is 0 Å². The molecule has 0 aromatic heterocycles. The van der Waals surface area contributed by atoms with E-state index >= 15 is 0 Å². The summed E-state index contributed by atoms with van der Waals surface area (Å²) in [7, 11) is 0. The molecule has 10 heteroatoms. The van der Waals surface area contributed by atoms with Gasteiger partial charge in [-0.25, -0.2) is 19.4 Å². The van der Waals surface area contributed by atoms with Crippen molar-refractivity contribution in [1.82, 2.24) is 0 Å². The summed E-state index contributed by atoms with van der Waals surface area (Å²) in [6, 6.07) is 25.9. The fourth-order valence-corrected chi connectivity index (χ4v) is 5.26. The number of urea groups is 1. The Hall–Kier alpha value is -4.97. The lowest BCUT2D eigenvalue weighted by Gasteiger charge is -2.34. The van der Waals surface area contributed by atoms with Crippen LogP contribution in [-0.4, -0.2) is 35.5 Å². The van der Waals surface area contributed by atoms with Crippen LogP contribution in [-0.2, 0) is 16.2 Å². The van der Waals surface area contributed by atoms with E-state index in [0.29, 0.717) is 38.6 Å². The number of amides is 4. The molecule has 1 aliphatic heterocycles. The number of anilines is 2. The van der Waals surface area contributed by atoms with Gasteiger partial charge in [0.25, 0.3) is 11.8 Å². The normalized spacial score (nSPS) is 13.3. The number of barbiturate groups is 1. The number of benzene rings is 4. The zero-order valence-corrected chi connectivity index (χ0v) is 25.1. The lowest BCUT2D eigenvalue weighted by molar-refractivity contribution is -0.121. The molecule has 0 radical (unpaired) electrons. The van der Waals surface area contributed by atoms with E-state index in [1.54, 1.807) is 84.9 Å². The number of carboxylic acids is 1. The van der Waals surface area contributed by atoms with Crippen molar-refractivity contribution in [2.75, 3.05) is 16.4 Å². The second-order valence-electron chi connectivity index (χ2n) is 9.35. The number of halogens is 1. The summed E-state index contributed by atoms with van der Waals surface area (Å²) in [5, 5.41) is 9.13. The van der Waals surface area contributed by atoms with E-state index in [9.17, 15) is 19.2 Å². The highest BCUT2D eigenvalue weighted by Gasteiger charge is 2.43. The van der Waals surface area contributed by atoms with E-state index in [2.05, 4.69) is 22.6 Å². The zero-order chi connectivity index (χ0) is 30.5. The standard InChI is InChI=1S/C33H25IN2O7/c1-2-42-28-19-22(18-27(34)29(28)43-20-21-13-15-23(16-14-21)32(39)40)17-26-30(37)35(24-9-5-3-6-10-24)33(41)36(31(26)38)25-11-7-4-8-12-25/h3-19H,2,20H2,1H3,(H,39,40). The number of nitrogens with zero attached hydrogens (tertiary/aromatic N) is 2. The van der Waals surface area contributed by atoms with E-state index in [1.807, 2.05) is 6.92 Å². The Morgan fingerprint density at radius 2 is 1.37 bits per heavy atom. The summed E-state index contributed by atoms with van der Waals surface area (Å²) in [5.74, 6) is -1.64. The van der Waals surface area contributed by atoms with Gasteiger partial charge in [0.1, 0.15) is 12.2 Å². The number of rotatable bonds is 9. The minimum atomic E-state index is -1.01. The van der Waals surface area contributed by atoms with E-state index in [4.69, 9.17) is 14.6 Å². The van der Waals surface area contributed by atoms with Crippen molar-refractivity contribution < 1.29 is 33.8 Å². The maximum atomic E-state index is 13.7. The van der Waals surface area contributed by atoms with E-state index in [1.165, 1.54) is 18.2 Å². The van der Waals surface area contributed by atoms with E-state index in [-0.39, 0.29) is 17.7 Å². The zero-order valence-electron chi connectivity index (χ0n) is 22.9. The van der Waals surface area contributed by atoms with Crippen LogP contribution < -0.4 is 19.3 Å². The molecule has 4 aromatic rings. The maximum Gasteiger partial charge on any atom is 0.343 e. The molecular formula is C33H25IN2O7. The summed E-state index contributed by atoms with van der Waals surface area (Å²) in [6.07, 6.45) is 1.45. The maximum absolute atomic E-state index is 13.7. The Labute approximate surface area is 261 Å². The first kappa shape index (κ1) is 29.5. The molecule has 4 aromatic carbocycles. The van der Waals surface area contributed by atoms with Crippen LogP contribution in [0.15, 0.2) is 103 Å². The molecule has 1 aliphatic rings. The van der Waals surface area contributed by atoms with Crippen LogP contribution in [0.5, 0.6) is 11.5 Å². The molecule has 5 rings (SSSR count). The second kappa shape index (κ2) is 12.9. The number of imide groups is 2. The average molecular weight is 688 g/mol. The van der Waals surface area contributed by atoms with Gasteiger partial charge in [-0.15, -0.1) is 0 Å². The third-order valence-corrected chi connectivity index (χ3v) is 7.31. The number of hydrogen-bond acceptors (Lipinski definition) is 6. The van der Waals surface area contributed by atoms with Gasteiger partial charge in [-0.1, -0.05) is 48.5 Å². The number of carbonyl (C=O) groups is 4. The van der Waals surface area contributed by atoms with Crippen LogP contribution in [0, 0.1) is 3.57 Å². The quantitative estimate of drug-likeness (QED) is 0.121. The van der Waals surface area contributed by atoms with Crippen LogP contribution in [0.3, 0.4) is 0 Å². The second-order valence-corrected chi connectivity index (χ2v) is 10.5. The van der Waals surface area contributed by atoms with Gasteiger partial charge in [-0.3, -0.25) is 9.59 Å². The first-order valence-electron chi connectivity index (χ1n) is 13.2. The fraction of sp³-hybridized carbons (Fsp3) is 0.0909. The highest BCUT2D eigenvalue weighted by atomic mass is 127. The predicted octanol–water partition coefficient (Wildman–Crippen LogP) is 6.55. The number of aromatic carboxylic acids is 1. The lowest BCUT2D eigenvalue weighted by atomic mass is 10.0. The monoisotopic (exact) mass is 688 g/mol. The van der Waals surface area contributed by atoms with Gasteiger partial charge >= 0.3 is 12.0 Å². The topological polar surface area (TPSA) is 113 Å².